The Morgan fingerprint density at radius 2 is 2.32 bits per heavy atom. The molecule has 2 fully saturated rings. The summed E-state index contributed by atoms with van der Waals surface area (Å²) in [6.07, 6.45) is 4.60. The van der Waals surface area contributed by atoms with E-state index >= 15 is 0 Å². The second-order valence-electron chi connectivity index (χ2n) is 5.28. The third-order valence-corrected chi connectivity index (χ3v) is 5.13. The van der Waals surface area contributed by atoms with Crippen molar-refractivity contribution in [1.82, 2.24) is 15.5 Å². The number of nitrogens with zero attached hydrogens (tertiary/aromatic N) is 2. The van der Waals surface area contributed by atoms with Crippen molar-refractivity contribution in [3.63, 3.8) is 0 Å². The second-order valence-corrected chi connectivity index (χ2v) is 6.36. The van der Waals surface area contributed by atoms with Crippen LogP contribution in [0.2, 0.25) is 0 Å². The lowest BCUT2D eigenvalue weighted by atomic mass is 10.0. The average Bonchev–Trinajstić information content (AvgIpc) is 3.07. The molecule has 2 aliphatic rings. The van der Waals surface area contributed by atoms with Gasteiger partial charge in [-0.2, -0.15) is 16.7 Å². The summed E-state index contributed by atoms with van der Waals surface area (Å²) >= 11 is 1.94. The van der Waals surface area contributed by atoms with Gasteiger partial charge in [-0.1, -0.05) is 5.16 Å². The molecule has 0 amide bonds. The van der Waals surface area contributed by atoms with E-state index in [1.807, 2.05) is 18.8 Å². The predicted molar refractivity (Wildman–Crippen MR) is 74.5 cm³/mol. The van der Waals surface area contributed by atoms with Gasteiger partial charge in [-0.25, -0.2) is 0 Å². The molecule has 6 heteroatoms. The summed E-state index contributed by atoms with van der Waals surface area (Å²) in [5, 5.41) is 7.45. The molecule has 0 aromatic carbocycles. The van der Waals surface area contributed by atoms with E-state index in [0.717, 1.165) is 42.7 Å². The van der Waals surface area contributed by atoms with Crippen LogP contribution in [0.5, 0.6) is 0 Å². The molecule has 1 aromatic heterocycles. The summed E-state index contributed by atoms with van der Waals surface area (Å²) in [5.74, 6) is 4.12. The maximum absolute atomic E-state index is 5.72. The zero-order valence-electron chi connectivity index (χ0n) is 11.3. The number of likely N-dealkylation sites (N-methyl/N-ethyl adjacent to an activating group) is 1. The van der Waals surface area contributed by atoms with Crippen molar-refractivity contribution in [2.45, 2.75) is 43.7 Å². The lowest BCUT2D eigenvalue weighted by Gasteiger charge is -2.20. The number of aromatic nitrogens is 2. The molecule has 19 heavy (non-hydrogen) atoms. The number of rotatable bonds is 4. The Kier molecular flexibility index (Phi) is 4.40. The highest BCUT2D eigenvalue weighted by Gasteiger charge is 2.32. The SMILES string of the molecule is CNC1CSCC1c1nc(CC2CCCCO2)no1. The van der Waals surface area contributed by atoms with Crippen molar-refractivity contribution >= 4 is 11.8 Å². The molecule has 0 spiro atoms. The van der Waals surface area contributed by atoms with Crippen molar-refractivity contribution < 1.29 is 9.26 Å². The molecule has 3 rings (SSSR count). The van der Waals surface area contributed by atoms with Crippen LogP contribution in [0.3, 0.4) is 0 Å². The molecule has 2 aliphatic heterocycles. The molecule has 1 N–H and O–H groups in total. The first-order valence-corrected chi connectivity index (χ1v) is 8.21. The monoisotopic (exact) mass is 283 g/mol. The van der Waals surface area contributed by atoms with Gasteiger partial charge in [0.05, 0.1) is 12.0 Å². The number of nitrogens with one attached hydrogen (secondary N) is 1. The number of hydrogen-bond acceptors (Lipinski definition) is 6. The van der Waals surface area contributed by atoms with Crippen LogP contribution in [0, 0.1) is 0 Å². The Balaban J connectivity index is 1.62. The van der Waals surface area contributed by atoms with E-state index in [4.69, 9.17) is 9.26 Å². The molecule has 0 radical (unpaired) electrons. The van der Waals surface area contributed by atoms with E-state index in [1.165, 1.54) is 12.8 Å². The van der Waals surface area contributed by atoms with Gasteiger partial charge in [0.15, 0.2) is 5.82 Å². The second kappa shape index (κ2) is 6.24. The number of thioether (sulfide) groups is 1. The van der Waals surface area contributed by atoms with Crippen molar-refractivity contribution in [2.24, 2.45) is 0 Å². The van der Waals surface area contributed by atoms with Gasteiger partial charge in [-0.3, -0.25) is 0 Å². The zero-order valence-corrected chi connectivity index (χ0v) is 12.1. The van der Waals surface area contributed by atoms with Gasteiger partial charge in [0.2, 0.25) is 5.89 Å². The number of ether oxygens (including phenoxy) is 1. The van der Waals surface area contributed by atoms with Crippen molar-refractivity contribution in [3.8, 4) is 0 Å². The molecule has 0 aliphatic carbocycles. The zero-order chi connectivity index (χ0) is 13.1. The van der Waals surface area contributed by atoms with E-state index in [0.29, 0.717) is 12.0 Å². The minimum Gasteiger partial charge on any atom is -0.378 e. The molecule has 1 aromatic rings. The van der Waals surface area contributed by atoms with Crippen LogP contribution in [0.15, 0.2) is 4.52 Å². The van der Waals surface area contributed by atoms with E-state index in [9.17, 15) is 0 Å². The quantitative estimate of drug-likeness (QED) is 0.905. The van der Waals surface area contributed by atoms with Gasteiger partial charge in [-0.15, -0.1) is 0 Å². The third kappa shape index (κ3) is 3.12. The maximum atomic E-state index is 5.72. The van der Waals surface area contributed by atoms with Crippen LogP contribution < -0.4 is 5.32 Å². The highest BCUT2D eigenvalue weighted by Crippen LogP contribution is 2.31. The van der Waals surface area contributed by atoms with Crippen LogP contribution in [0.4, 0.5) is 0 Å². The maximum Gasteiger partial charge on any atom is 0.232 e. The Morgan fingerprint density at radius 1 is 1.37 bits per heavy atom. The molecular weight excluding hydrogens is 262 g/mol. The normalized spacial score (nSPS) is 31.7. The minimum atomic E-state index is 0.275. The standard InChI is InChI=1S/C13H21N3O2S/c1-14-11-8-19-7-10(11)13-15-12(16-18-13)6-9-4-2-3-5-17-9/h9-11,14H,2-8H2,1H3. The van der Waals surface area contributed by atoms with Gasteiger partial charge in [0, 0.05) is 30.6 Å². The summed E-state index contributed by atoms with van der Waals surface area (Å²) in [7, 11) is 2.00. The predicted octanol–water partition coefficient (Wildman–Crippen LogP) is 1.60. The van der Waals surface area contributed by atoms with Crippen LogP contribution in [0.25, 0.3) is 0 Å². The average molecular weight is 283 g/mol. The summed E-state index contributed by atoms with van der Waals surface area (Å²) in [6, 6.07) is 0.448. The summed E-state index contributed by atoms with van der Waals surface area (Å²) in [4.78, 5) is 4.57. The van der Waals surface area contributed by atoms with Gasteiger partial charge in [-0.05, 0) is 26.3 Å². The molecule has 3 atom stereocenters. The molecule has 3 unspecified atom stereocenters. The first kappa shape index (κ1) is 13.4. The highest BCUT2D eigenvalue weighted by atomic mass is 32.2. The van der Waals surface area contributed by atoms with Crippen LogP contribution in [0.1, 0.15) is 36.9 Å². The molecule has 0 saturated carbocycles. The Labute approximate surface area is 117 Å². The van der Waals surface area contributed by atoms with Gasteiger partial charge in [0.25, 0.3) is 0 Å². The molecule has 106 valence electrons. The van der Waals surface area contributed by atoms with Crippen LogP contribution in [-0.4, -0.2) is 47.4 Å². The Bertz CT molecular complexity index is 406. The highest BCUT2D eigenvalue weighted by molar-refractivity contribution is 7.99. The van der Waals surface area contributed by atoms with E-state index < -0.39 is 0 Å². The summed E-state index contributed by atoms with van der Waals surface area (Å²) in [6.45, 7) is 0.871. The van der Waals surface area contributed by atoms with Crippen molar-refractivity contribution in [2.75, 3.05) is 25.2 Å². The fourth-order valence-corrected chi connectivity index (χ4v) is 4.17. The first-order chi connectivity index (χ1) is 9.36. The first-order valence-electron chi connectivity index (χ1n) is 7.06. The summed E-state index contributed by atoms with van der Waals surface area (Å²) < 4.78 is 11.2. The van der Waals surface area contributed by atoms with Crippen molar-refractivity contribution in [3.05, 3.63) is 11.7 Å². The lowest BCUT2D eigenvalue weighted by molar-refractivity contribution is 0.0153. The molecule has 5 nitrogen and oxygen atoms in total. The summed E-state index contributed by atoms with van der Waals surface area (Å²) in [5.41, 5.74) is 0. The molecule has 0 bridgehead atoms. The van der Waals surface area contributed by atoms with Crippen molar-refractivity contribution in [1.29, 1.82) is 0 Å². The van der Waals surface area contributed by atoms with Gasteiger partial charge < -0.3 is 14.6 Å². The fraction of sp³-hybridized carbons (Fsp3) is 0.846. The smallest absolute Gasteiger partial charge is 0.232 e. The van der Waals surface area contributed by atoms with Gasteiger partial charge >= 0.3 is 0 Å². The van der Waals surface area contributed by atoms with E-state index in [1.54, 1.807) is 0 Å². The van der Waals surface area contributed by atoms with E-state index in [-0.39, 0.29) is 6.10 Å². The molecule has 3 heterocycles. The van der Waals surface area contributed by atoms with Crippen LogP contribution >= 0.6 is 11.8 Å². The number of hydrogen-bond donors (Lipinski definition) is 1. The van der Waals surface area contributed by atoms with Crippen LogP contribution in [-0.2, 0) is 11.2 Å². The van der Waals surface area contributed by atoms with Gasteiger partial charge in [0.1, 0.15) is 0 Å². The Hall–Kier alpha value is -0.590. The molecular formula is C13H21N3O2S. The largest absolute Gasteiger partial charge is 0.378 e. The third-order valence-electron chi connectivity index (χ3n) is 3.94. The Morgan fingerprint density at radius 3 is 3.11 bits per heavy atom. The topological polar surface area (TPSA) is 60.2 Å². The van der Waals surface area contributed by atoms with E-state index in [2.05, 4.69) is 15.5 Å². The lowest BCUT2D eigenvalue weighted by Crippen LogP contribution is -2.31. The molecule has 2 saturated heterocycles. The minimum absolute atomic E-state index is 0.275. The fourth-order valence-electron chi connectivity index (χ4n) is 2.76.